The van der Waals surface area contributed by atoms with Crippen molar-refractivity contribution in [2.75, 3.05) is 4.90 Å². The van der Waals surface area contributed by atoms with Crippen molar-refractivity contribution in [2.24, 2.45) is 0 Å². The van der Waals surface area contributed by atoms with Crippen LogP contribution in [0.5, 0.6) is 0 Å². The monoisotopic (exact) mass is 1160 g/mol. The van der Waals surface area contributed by atoms with Gasteiger partial charge < -0.3 is 14.0 Å². The van der Waals surface area contributed by atoms with E-state index in [4.69, 9.17) is 0 Å². The van der Waals surface area contributed by atoms with Crippen molar-refractivity contribution in [3.63, 3.8) is 0 Å². The van der Waals surface area contributed by atoms with E-state index >= 15 is 0 Å². The third-order valence-corrected chi connectivity index (χ3v) is 18.9. The van der Waals surface area contributed by atoms with Gasteiger partial charge >= 0.3 is 0 Å². The highest BCUT2D eigenvalue weighted by atomic mass is 15.2. The second-order valence-corrected chi connectivity index (χ2v) is 27.5. The van der Waals surface area contributed by atoms with Crippen LogP contribution in [0.3, 0.4) is 0 Å². The molecule has 0 N–H and O–H groups in total. The zero-order chi connectivity index (χ0) is 67.6. The Labute approximate surface area is 537 Å². The largest absolute Gasteiger partial charge is 0.310 e. The molecule has 12 aromatic carbocycles. The average Bonchev–Trinajstić information content (AvgIpc) is 1.63. The standard InChI is InChI=1S/C85H69BN4/c1-83(2,3)58-39-37-54(38-40-58)57-45-71-65-31-19-17-29-63(65)62-28-16-18-30-64(62)66-32-20-23-35-75(66)89-78-50-61(88-74-34-22-21-33-67(74)70-44-53(52-87)36-43-76(70)88)51-79-80(78)86(73(46-57)82(71)89)72-42-41-59(84(4,5)6)49-77(72)90(79)81-68(55-24-12-10-13-25-55)47-60(85(7,8)9)48-69(81)56-26-14-11-15-27-56/h10-51H,1-9H3/i21D,22D,33D,34D,36D,43D,44D. The van der Waals surface area contributed by atoms with Gasteiger partial charge in [-0.25, -0.2) is 0 Å². The Kier molecular flexibility index (Phi) is 10.8. The second kappa shape index (κ2) is 20.3. The quantitative estimate of drug-likeness (QED) is 0.161. The van der Waals surface area contributed by atoms with Crippen LogP contribution in [0.25, 0.3) is 110 Å². The van der Waals surface area contributed by atoms with E-state index in [1.807, 2.05) is 6.07 Å². The Morgan fingerprint density at radius 2 is 0.933 bits per heavy atom. The molecular weight excluding hydrogens is 1090 g/mol. The summed E-state index contributed by atoms with van der Waals surface area (Å²) in [6.07, 6.45) is 0. The zero-order valence-corrected chi connectivity index (χ0v) is 52.1. The van der Waals surface area contributed by atoms with Gasteiger partial charge in [0, 0.05) is 55.3 Å². The number of nitriles is 1. The molecule has 4 nitrogen and oxygen atoms in total. The Bertz CT molecular complexity index is 5800. The summed E-state index contributed by atoms with van der Waals surface area (Å²) >= 11 is 0. The number of hydrogen-bond donors (Lipinski definition) is 0. The third kappa shape index (κ3) is 8.64. The number of hydrogen-bond acceptors (Lipinski definition) is 2. The van der Waals surface area contributed by atoms with Gasteiger partial charge in [0.15, 0.2) is 0 Å². The Balaban J connectivity index is 1.21. The molecule has 0 fully saturated rings. The van der Waals surface area contributed by atoms with Crippen molar-refractivity contribution in [1.29, 1.82) is 5.26 Å². The first kappa shape index (κ1) is 47.6. The maximum atomic E-state index is 10.7. The minimum Gasteiger partial charge on any atom is -0.310 e. The van der Waals surface area contributed by atoms with Gasteiger partial charge in [-0.15, -0.1) is 0 Å². The average molecular weight is 1160 g/mol. The van der Waals surface area contributed by atoms with E-state index in [0.717, 1.165) is 127 Å². The van der Waals surface area contributed by atoms with Crippen LogP contribution in [0.2, 0.25) is 0 Å². The maximum Gasteiger partial charge on any atom is 0.252 e. The van der Waals surface area contributed by atoms with Crippen LogP contribution in [0, 0.1) is 11.3 Å². The molecule has 0 radical (unpaired) electrons. The maximum absolute atomic E-state index is 10.7. The highest BCUT2D eigenvalue weighted by Gasteiger charge is 2.44. The first-order valence-corrected chi connectivity index (χ1v) is 31.2. The molecule has 14 aromatic rings. The molecule has 0 atom stereocenters. The van der Waals surface area contributed by atoms with Crippen molar-refractivity contribution >= 4 is 105 Å². The molecule has 16 rings (SSSR count). The molecular formula is C85H69BN4. The van der Waals surface area contributed by atoms with Crippen molar-refractivity contribution in [3.05, 3.63) is 277 Å². The summed E-state index contributed by atoms with van der Waals surface area (Å²) in [6.45, 7) is 19.8. The summed E-state index contributed by atoms with van der Waals surface area (Å²) in [6, 6.07) is 76.0. The van der Waals surface area contributed by atoms with E-state index in [2.05, 4.69) is 284 Å². The summed E-state index contributed by atoms with van der Waals surface area (Å²) in [5.41, 5.74) is 17.3. The summed E-state index contributed by atoms with van der Waals surface area (Å²) in [5.74, 6) is 0. The van der Waals surface area contributed by atoms with Crippen LogP contribution in [0.1, 0.15) is 94.2 Å². The van der Waals surface area contributed by atoms with Crippen LogP contribution < -0.4 is 21.3 Å². The molecule has 432 valence electrons. The van der Waals surface area contributed by atoms with Crippen LogP contribution in [0.4, 0.5) is 17.1 Å². The number of nitrogens with zero attached hydrogens (tertiary/aromatic N) is 4. The van der Waals surface area contributed by atoms with Gasteiger partial charge in [-0.1, -0.05) is 250 Å². The first-order valence-electron chi connectivity index (χ1n) is 34.7. The van der Waals surface area contributed by atoms with E-state index in [-0.39, 0.29) is 61.7 Å². The molecule has 0 spiro atoms. The number of benzene rings is 12. The molecule has 0 amide bonds. The molecule has 0 unspecified atom stereocenters. The number of aromatic nitrogens is 2. The number of anilines is 3. The number of para-hydroxylation sites is 2. The Morgan fingerprint density at radius 1 is 0.389 bits per heavy atom. The van der Waals surface area contributed by atoms with Crippen LogP contribution >= 0.6 is 0 Å². The minimum atomic E-state index is -0.514. The lowest BCUT2D eigenvalue weighted by Crippen LogP contribution is -2.60. The van der Waals surface area contributed by atoms with Gasteiger partial charge in [0.1, 0.15) is 0 Å². The summed E-state index contributed by atoms with van der Waals surface area (Å²) < 4.78 is 71.9. The fourth-order valence-electron chi connectivity index (χ4n) is 14.3. The smallest absolute Gasteiger partial charge is 0.252 e. The molecule has 2 aliphatic heterocycles. The van der Waals surface area contributed by atoms with Gasteiger partial charge in [-0.2, -0.15) is 5.26 Å². The Hall–Kier alpha value is -10.4. The van der Waals surface area contributed by atoms with Crippen molar-refractivity contribution in [2.45, 2.75) is 78.6 Å². The Morgan fingerprint density at radius 3 is 1.56 bits per heavy atom. The van der Waals surface area contributed by atoms with Gasteiger partial charge in [0.05, 0.1) is 49.2 Å². The van der Waals surface area contributed by atoms with Crippen molar-refractivity contribution < 1.29 is 9.60 Å². The lowest BCUT2D eigenvalue weighted by atomic mass is 9.33. The molecule has 90 heavy (non-hydrogen) atoms. The summed E-state index contributed by atoms with van der Waals surface area (Å²) in [7, 11) is 0. The molecule has 0 saturated carbocycles. The molecule has 0 bridgehead atoms. The van der Waals surface area contributed by atoms with Crippen LogP contribution in [-0.4, -0.2) is 15.8 Å². The zero-order valence-electron chi connectivity index (χ0n) is 59.1. The summed E-state index contributed by atoms with van der Waals surface area (Å²) in [4.78, 5) is 2.46. The predicted molar refractivity (Wildman–Crippen MR) is 384 cm³/mol. The lowest BCUT2D eigenvalue weighted by molar-refractivity contribution is 0.590. The molecule has 5 heteroatoms. The molecule has 2 aromatic heterocycles. The number of fused-ring (bicyclic) bond motifs is 14. The van der Waals surface area contributed by atoms with Gasteiger partial charge in [0.25, 0.3) is 6.71 Å². The second-order valence-electron chi connectivity index (χ2n) is 27.5. The molecule has 0 aliphatic carbocycles. The normalized spacial score (nSPS) is 14.0. The molecule has 0 saturated heterocycles. The minimum absolute atomic E-state index is 0.00619. The topological polar surface area (TPSA) is 36.9 Å². The van der Waals surface area contributed by atoms with Crippen molar-refractivity contribution in [1.82, 2.24) is 9.13 Å². The van der Waals surface area contributed by atoms with E-state index in [1.165, 1.54) is 5.56 Å². The molecule has 2 aliphatic rings. The highest BCUT2D eigenvalue weighted by molar-refractivity contribution is 7.00. The van der Waals surface area contributed by atoms with Gasteiger partial charge in [-0.05, 0) is 160 Å². The fraction of sp³-hybridized carbons (Fsp3) is 0.141. The van der Waals surface area contributed by atoms with Gasteiger partial charge in [-0.3, -0.25) is 0 Å². The lowest BCUT2D eigenvalue weighted by Gasteiger charge is -2.43. The number of rotatable bonds is 5. The van der Waals surface area contributed by atoms with Gasteiger partial charge in [0.2, 0.25) is 0 Å². The van der Waals surface area contributed by atoms with E-state index in [9.17, 15) is 14.9 Å². The predicted octanol–water partition coefficient (Wildman–Crippen LogP) is 20.7. The SMILES string of the molecule is [2H]c1c([2H])c([2H])c2c(c1[2H])c1c([2H])c(C#N)c([2H])c([2H])c1n2-c1cc2c3c(c1)-n1c4ccccc4c4ccccc4c4ccccc4c4cc(-c5ccc(C(C)(C)C)cc5)cc(c41)B3c1ccc(C(C)(C)C)cc1N2c1c(-c2ccccc2)cc(C(C)(C)C)cc1-c1ccccc1. The van der Waals surface area contributed by atoms with E-state index in [1.54, 1.807) is 4.57 Å². The molecule has 4 heterocycles. The fourth-order valence-corrected chi connectivity index (χ4v) is 14.3. The highest BCUT2D eigenvalue weighted by Crippen LogP contribution is 2.52. The van der Waals surface area contributed by atoms with Crippen molar-refractivity contribution in [3.8, 4) is 50.8 Å². The third-order valence-electron chi connectivity index (χ3n) is 18.9. The van der Waals surface area contributed by atoms with E-state index < -0.39 is 30.9 Å². The van der Waals surface area contributed by atoms with Crippen LogP contribution in [-0.2, 0) is 16.2 Å². The first-order chi connectivity index (χ1) is 46.4. The summed E-state index contributed by atoms with van der Waals surface area (Å²) in [5, 5.41) is 16.9. The van der Waals surface area contributed by atoms with E-state index in [0.29, 0.717) is 5.69 Å². The van der Waals surface area contributed by atoms with Crippen LogP contribution in [0.15, 0.2) is 255 Å².